The Kier molecular flexibility index (Phi) is 5.45. The van der Waals surface area contributed by atoms with E-state index in [0.29, 0.717) is 10.7 Å². The number of carbonyl (C=O) groups excluding carboxylic acids is 1. The number of hydrogen-bond donors (Lipinski definition) is 1. The summed E-state index contributed by atoms with van der Waals surface area (Å²) in [6, 6.07) is 6.05. The molecule has 0 aromatic heterocycles. The van der Waals surface area contributed by atoms with Gasteiger partial charge in [-0.3, -0.25) is 0 Å². The Bertz CT molecular complexity index is 679. The molecular weight excluding hydrogens is 330 g/mol. The van der Waals surface area contributed by atoms with Crippen LogP contribution in [0.5, 0.6) is 0 Å². The highest BCUT2D eigenvalue weighted by Gasteiger charge is 2.28. The minimum absolute atomic E-state index is 0.0331. The van der Waals surface area contributed by atoms with Crippen molar-refractivity contribution in [3.05, 3.63) is 33.1 Å². The lowest BCUT2D eigenvalue weighted by atomic mass is 10.1. The van der Waals surface area contributed by atoms with Gasteiger partial charge in [0.05, 0.1) is 16.4 Å². The summed E-state index contributed by atoms with van der Waals surface area (Å²) in [6.07, 6.45) is 0.325. The molecule has 122 valence electrons. The fraction of sp³-hybridized carbons (Fsp3) is 0.412. The van der Waals surface area contributed by atoms with Crippen LogP contribution in [0.15, 0.2) is 31.7 Å². The van der Waals surface area contributed by atoms with E-state index in [1.165, 1.54) is 23.5 Å². The van der Waals surface area contributed by atoms with Crippen LogP contribution in [-0.4, -0.2) is 23.3 Å². The third-order valence-corrected chi connectivity index (χ3v) is 6.23. The molecule has 0 aliphatic carbocycles. The summed E-state index contributed by atoms with van der Waals surface area (Å²) in [5.74, 6) is -0.630. The quantitative estimate of drug-likeness (QED) is 0.504. The molecule has 1 aliphatic heterocycles. The molecule has 6 heteroatoms. The average Bonchev–Trinajstić information content (AvgIpc) is 2.88. The summed E-state index contributed by atoms with van der Waals surface area (Å²) in [4.78, 5) is 14.4. The molecule has 1 aromatic carbocycles. The molecule has 0 unspecified atom stereocenters. The standard InChI is InChI=1S/C17H19NO3S2/c1-10-5-6-11(2)14-13(10)22-16(23-14)12(9-18)15(19)21-8-7-17(3,4)20/h5-6,20H,7-8H2,1-4H3. The molecule has 1 aromatic rings. The zero-order valence-electron chi connectivity index (χ0n) is 13.6. The van der Waals surface area contributed by atoms with Gasteiger partial charge in [0, 0.05) is 16.2 Å². The Morgan fingerprint density at radius 2 is 1.78 bits per heavy atom. The number of nitriles is 1. The number of benzene rings is 1. The van der Waals surface area contributed by atoms with Gasteiger partial charge in [0.25, 0.3) is 0 Å². The molecule has 2 rings (SSSR count). The molecule has 0 saturated carbocycles. The highest BCUT2D eigenvalue weighted by molar-refractivity contribution is 8.24. The van der Waals surface area contributed by atoms with Crippen LogP contribution in [0.2, 0.25) is 0 Å². The number of thioether (sulfide) groups is 2. The lowest BCUT2D eigenvalue weighted by Crippen LogP contribution is -2.22. The van der Waals surface area contributed by atoms with Gasteiger partial charge in [-0.05, 0) is 38.8 Å². The van der Waals surface area contributed by atoms with Gasteiger partial charge in [-0.25, -0.2) is 4.79 Å². The van der Waals surface area contributed by atoms with Crippen LogP contribution in [0.3, 0.4) is 0 Å². The summed E-state index contributed by atoms with van der Waals surface area (Å²) < 4.78 is 5.80. The third kappa shape index (κ3) is 4.31. The van der Waals surface area contributed by atoms with Gasteiger partial charge < -0.3 is 9.84 Å². The first-order chi connectivity index (χ1) is 10.7. The largest absolute Gasteiger partial charge is 0.461 e. The maximum absolute atomic E-state index is 12.2. The van der Waals surface area contributed by atoms with Gasteiger partial charge in [-0.2, -0.15) is 5.26 Å². The summed E-state index contributed by atoms with van der Waals surface area (Å²) in [6.45, 7) is 7.41. The van der Waals surface area contributed by atoms with Gasteiger partial charge in [0.2, 0.25) is 0 Å². The van der Waals surface area contributed by atoms with Crippen molar-refractivity contribution in [2.24, 2.45) is 0 Å². The molecule has 0 spiro atoms. The SMILES string of the molecule is Cc1ccc(C)c2c1SC(=C(C#N)C(=O)OCCC(C)(C)O)S2. The monoisotopic (exact) mass is 349 g/mol. The van der Waals surface area contributed by atoms with Crippen molar-refractivity contribution in [2.75, 3.05) is 6.61 Å². The van der Waals surface area contributed by atoms with E-state index >= 15 is 0 Å². The van der Waals surface area contributed by atoms with Crippen LogP contribution in [0.25, 0.3) is 0 Å². The topological polar surface area (TPSA) is 70.3 Å². The highest BCUT2D eigenvalue weighted by atomic mass is 32.2. The number of esters is 1. The maximum Gasteiger partial charge on any atom is 0.350 e. The first-order valence-electron chi connectivity index (χ1n) is 7.22. The Hall–Kier alpha value is -1.42. The third-order valence-electron chi connectivity index (χ3n) is 3.36. The predicted molar refractivity (Wildman–Crippen MR) is 92.1 cm³/mol. The second-order valence-electron chi connectivity index (χ2n) is 6.03. The summed E-state index contributed by atoms with van der Waals surface area (Å²) in [7, 11) is 0. The van der Waals surface area contributed by atoms with E-state index in [1.807, 2.05) is 32.0 Å². The van der Waals surface area contributed by atoms with E-state index in [1.54, 1.807) is 13.8 Å². The molecule has 1 heterocycles. The molecule has 0 fully saturated rings. The fourth-order valence-corrected chi connectivity index (χ4v) is 4.68. The molecular formula is C17H19NO3S2. The van der Waals surface area contributed by atoms with E-state index in [4.69, 9.17) is 4.74 Å². The Morgan fingerprint density at radius 3 is 2.22 bits per heavy atom. The molecule has 1 aliphatic rings. The second-order valence-corrected chi connectivity index (χ2v) is 8.33. The molecule has 0 bridgehead atoms. The Balaban J connectivity index is 2.17. The second kappa shape index (κ2) is 7.00. The lowest BCUT2D eigenvalue weighted by Gasteiger charge is -2.16. The van der Waals surface area contributed by atoms with Crippen molar-refractivity contribution in [1.29, 1.82) is 5.26 Å². The molecule has 0 saturated heterocycles. The van der Waals surface area contributed by atoms with Crippen molar-refractivity contribution in [3.63, 3.8) is 0 Å². The first kappa shape index (κ1) is 17.9. The lowest BCUT2D eigenvalue weighted by molar-refractivity contribution is -0.139. The Labute approximate surface area is 144 Å². The maximum atomic E-state index is 12.2. The van der Waals surface area contributed by atoms with E-state index in [9.17, 15) is 15.2 Å². The number of carbonyl (C=O) groups is 1. The molecule has 1 N–H and O–H groups in total. The summed E-state index contributed by atoms with van der Waals surface area (Å²) >= 11 is 2.89. The van der Waals surface area contributed by atoms with Crippen LogP contribution in [0, 0.1) is 25.2 Å². The number of rotatable bonds is 4. The number of fused-ring (bicyclic) bond motifs is 1. The zero-order chi connectivity index (χ0) is 17.2. The predicted octanol–water partition coefficient (Wildman–Crippen LogP) is 3.94. The van der Waals surface area contributed by atoms with Crippen molar-refractivity contribution >= 4 is 29.5 Å². The molecule has 0 atom stereocenters. The van der Waals surface area contributed by atoms with Crippen molar-refractivity contribution < 1.29 is 14.6 Å². The van der Waals surface area contributed by atoms with Crippen LogP contribution >= 0.6 is 23.5 Å². The minimum Gasteiger partial charge on any atom is -0.461 e. The first-order valence-corrected chi connectivity index (χ1v) is 8.86. The van der Waals surface area contributed by atoms with Crippen molar-refractivity contribution in [3.8, 4) is 6.07 Å². The number of ether oxygens (including phenoxy) is 1. The average molecular weight is 349 g/mol. The normalized spacial score (nSPS) is 13.5. The Morgan fingerprint density at radius 1 is 1.26 bits per heavy atom. The smallest absolute Gasteiger partial charge is 0.350 e. The number of hydrogen-bond acceptors (Lipinski definition) is 6. The van der Waals surface area contributed by atoms with Crippen LogP contribution < -0.4 is 0 Å². The van der Waals surface area contributed by atoms with Gasteiger partial charge >= 0.3 is 5.97 Å². The van der Waals surface area contributed by atoms with Gasteiger partial charge in [0.1, 0.15) is 6.07 Å². The minimum atomic E-state index is -0.901. The van der Waals surface area contributed by atoms with Crippen LogP contribution in [-0.2, 0) is 9.53 Å². The summed E-state index contributed by atoms with van der Waals surface area (Å²) in [5.41, 5.74) is 1.39. The van der Waals surface area contributed by atoms with Gasteiger partial charge in [-0.1, -0.05) is 35.7 Å². The molecule has 0 amide bonds. The van der Waals surface area contributed by atoms with Crippen molar-refractivity contribution in [1.82, 2.24) is 0 Å². The zero-order valence-corrected chi connectivity index (χ0v) is 15.2. The van der Waals surface area contributed by atoms with Crippen molar-refractivity contribution in [2.45, 2.75) is 49.5 Å². The number of aliphatic hydroxyl groups is 1. The van der Waals surface area contributed by atoms with E-state index < -0.39 is 11.6 Å². The van der Waals surface area contributed by atoms with Crippen LogP contribution in [0.1, 0.15) is 31.4 Å². The van der Waals surface area contributed by atoms with Gasteiger partial charge in [-0.15, -0.1) is 0 Å². The number of nitrogens with zero attached hydrogens (tertiary/aromatic N) is 1. The van der Waals surface area contributed by atoms with Gasteiger partial charge in [0.15, 0.2) is 5.57 Å². The van der Waals surface area contributed by atoms with Crippen LogP contribution in [0.4, 0.5) is 0 Å². The molecule has 23 heavy (non-hydrogen) atoms. The molecule has 0 radical (unpaired) electrons. The summed E-state index contributed by atoms with van der Waals surface area (Å²) in [5, 5.41) is 19.0. The van der Waals surface area contributed by atoms with E-state index in [0.717, 1.165) is 20.9 Å². The van der Waals surface area contributed by atoms with E-state index in [2.05, 4.69) is 0 Å². The van der Waals surface area contributed by atoms with E-state index in [-0.39, 0.29) is 12.2 Å². The highest BCUT2D eigenvalue weighted by Crippen LogP contribution is 2.54. The fourth-order valence-electron chi connectivity index (χ4n) is 1.96. The molecule has 4 nitrogen and oxygen atoms in total. The number of aryl methyl sites for hydroxylation is 2.